The number of esters is 1. The number of alkyl halides is 3. The Kier molecular flexibility index (Phi) is 6.66. The van der Waals surface area contributed by atoms with Crippen molar-refractivity contribution in [2.45, 2.75) is 12.6 Å². The number of anilines is 2. The molecular formula is C22H17ClF3N7O3. The smallest absolute Gasteiger partial charge is 0.435 e. The fraction of sp³-hybridized carbons (Fsp3) is 0.136. The van der Waals surface area contributed by atoms with E-state index in [0.717, 1.165) is 0 Å². The van der Waals surface area contributed by atoms with E-state index in [2.05, 4.69) is 35.2 Å². The van der Waals surface area contributed by atoms with Gasteiger partial charge in [0.2, 0.25) is 0 Å². The van der Waals surface area contributed by atoms with Crippen molar-refractivity contribution in [2.24, 2.45) is 0 Å². The van der Waals surface area contributed by atoms with Gasteiger partial charge in [0, 0.05) is 29.6 Å². The summed E-state index contributed by atoms with van der Waals surface area (Å²) in [5.41, 5.74) is 5.55. The first-order valence-corrected chi connectivity index (χ1v) is 10.5. The third kappa shape index (κ3) is 5.15. The van der Waals surface area contributed by atoms with Gasteiger partial charge in [-0.2, -0.15) is 18.3 Å². The highest BCUT2D eigenvalue weighted by Crippen LogP contribution is 2.35. The third-order valence-electron chi connectivity index (χ3n) is 5.02. The number of carbonyl (C=O) groups is 2. The highest BCUT2D eigenvalue weighted by Gasteiger charge is 2.38. The van der Waals surface area contributed by atoms with Gasteiger partial charge in [-0.25, -0.2) is 9.78 Å². The molecule has 3 heterocycles. The Morgan fingerprint density at radius 2 is 1.94 bits per heavy atom. The first-order chi connectivity index (χ1) is 17.1. The summed E-state index contributed by atoms with van der Waals surface area (Å²) in [5, 5.41) is 8.42. The van der Waals surface area contributed by atoms with E-state index in [1.807, 2.05) is 0 Å². The van der Waals surface area contributed by atoms with Gasteiger partial charge in [-0.15, -0.1) is 0 Å². The van der Waals surface area contributed by atoms with Gasteiger partial charge >= 0.3 is 12.1 Å². The molecule has 14 heteroatoms. The average Bonchev–Trinajstić information content (AvgIpc) is 3.47. The Morgan fingerprint density at radius 1 is 1.17 bits per heavy atom. The minimum atomic E-state index is -4.73. The van der Waals surface area contributed by atoms with Crippen molar-refractivity contribution in [3.8, 4) is 11.4 Å². The zero-order chi connectivity index (χ0) is 26.0. The van der Waals surface area contributed by atoms with Gasteiger partial charge in [0.15, 0.2) is 11.5 Å². The number of ether oxygens (including phenoxy) is 1. The molecule has 0 aliphatic heterocycles. The fourth-order valence-electron chi connectivity index (χ4n) is 3.35. The molecule has 0 saturated heterocycles. The number of amides is 1. The molecule has 0 spiro atoms. The minimum absolute atomic E-state index is 0.0585. The van der Waals surface area contributed by atoms with E-state index in [-0.39, 0.29) is 51.2 Å². The van der Waals surface area contributed by atoms with Crippen molar-refractivity contribution in [3.63, 3.8) is 0 Å². The molecule has 0 aliphatic rings. The standard InChI is InChI=1S/C22H17ClF3N7O3/c1-36-21(35)13-4-3-11(7-15(13)23)31-20(34)19-29-9-12(30-19)6-14-17(16-5-2-10(27)8-28-16)32-33-18(14)22(24,25)26/h2-5,7-9H,6,27H2,1H3,(H,29,30)(H,31,34)(H,32,33). The van der Waals surface area contributed by atoms with Gasteiger partial charge in [0.25, 0.3) is 5.91 Å². The van der Waals surface area contributed by atoms with Crippen LogP contribution >= 0.6 is 11.6 Å². The maximum atomic E-state index is 13.6. The van der Waals surface area contributed by atoms with Crippen LogP contribution in [0.25, 0.3) is 11.4 Å². The van der Waals surface area contributed by atoms with Gasteiger partial charge in [-0.1, -0.05) is 11.6 Å². The van der Waals surface area contributed by atoms with Gasteiger partial charge in [-0.05, 0) is 30.3 Å². The van der Waals surface area contributed by atoms with Crippen LogP contribution in [0.3, 0.4) is 0 Å². The zero-order valence-electron chi connectivity index (χ0n) is 18.4. The maximum absolute atomic E-state index is 13.6. The average molecular weight is 520 g/mol. The van der Waals surface area contributed by atoms with Crippen molar-refractivity contribution < 1.29 is 27.5 Å². The summed E-state index contributed by atoms with van der Waals surface area (Å²) in [5.74, 6) is -1.46. The van der Waals surface area contributed by atoms with Crippen molar-refractivity contribution in [1.82, 2.24) is 25.1 Å². The number of nitrogen functional groups attached to an aromatic ring is 1. The van der Waals surface area contributed by atoms with Crippen LogP contribution in [0.15, 0.2) is 42.7 Å². The lowest BCUT2D eigenvalue weighted by atomic mass is 10.0. The summed E-state index contributed by atoms with van der Waals surface area (Å²) < 4.78 is 45.4. The lowest BCUT2D eigenvalue weighted by Gasteiger charge is -2.08. The first kappa shape index (κ1) is 24.7. The molecule has 0 radical (unpaired) electrons. The Morgan fingerprint density at radius 3 is 2.58 bits per heavy atom. The lowest BCUT2D eigenvalue weighted by Crippen LogP contribution is -2.14. The highest BCUT2D eigenvalue weighted by molar-refractivity contribution is 6.34. The number of imidazole rings is 1. The van der Waals surface area contributed by atoms with Crippen molar-refractivity contribution in [1.29, 1.82) is 0 Å². The number of hydrogen-bond donors (Lipinski definition) is 4. The maximum Gasteiger partial charge on any atom is 0.435 e. The van der Waals surface area contributed by atoms with Crippen LogP contribution in [0.1, 0.15) is 37.9 Å². The molecule has 3 aromatic heterocycles. The summed E-state index contributed by atoms with van der Waals surface area (Å²) in [4.78, 5) is 35.0. The predicted octanol–water partition coefficient (Wildman–Crippen LogP) is 4.08. The Balaban J connectivity index is 1.57. The molecule has 1 aromatic carbocycles. The molecule has 1 amide bonds. The van der Waals surface area contributed by atoms with Gasteiger partial charge in [0.05, 0.1) is 41.0 Å². The largest absolute Gasteiger partial charge is 0.465 e. The molecule has 0 bridgehead atoms. The molecule has 10 nitrogen and oxygen atoms in total. The summed E-state index contributed by atoms with van der Waals surface area (Å²) in [6, 6.07) is 7.13. The molecule has 4 aromatic rings. The summed E-state index contributed by atoms with van der Waals surface area (Å²) in [7, 11) is 1.21. The van der Waals surface area contributed by atoms with Crippen LogP contribution in [0.5, 0.6) is 0 Å². The monoisotopic (exact) mass is 519 g/mol. The number of rotatable bonds is 6. The number of pyridine rings is 1. The fourth-order valence-corrected chi connectivity index (χ4v) is 3.61. The van der Waals surface area contributed by atoms with E-state index in [1.54, 1.807) is 0 Å². The number of halogens is 4. The van der Waals surface area contributed by atoms with E-state index >= 15 is 0 Å². The van der Waals surface area contributed by atoms with Gasteiger partial charge < -0.3 is 20.8 Å². The highest BCUT2D eigenvalue weighted by atomic mass is 35.5. The molecule has 0 aliphatic carbocycles. The van der Waals surface area contributed by atoms with E-state index in [1.165, 1.54) is 49.8 Å². The van der Waals surface area contributed by atoms with Crippen LogP contribution in [0, 0.1) is 0 Å². The number of H-pyrrole nitrogens is 2. The molecule has 0 unspecified atom stereocenters. The number of nitrogens with zero attached hydrogens (tertiary/aromatic N) is 3. The van der Waals surface area contributed by atoms with Gasteiger partial charge in [-0.3, -0.25) is 14.9 Å². The van der Waals surface area contributed by atoms with Crippen LogP contribution in [0.2, 0.25) is 5.02 Å². The van der Waals surface area contributed by atoms with E-state index in [9.17, 15) is 22.8 Å². The van der Waals surface area contributed by atoms with Crippen LogP contribution in [-0.4, -0.2) is 44.1 Å². The van der Waals surface area contributed by atoms with Crippen molar-refractivity contribution in [3.05, 3.63) is 76.1 Å². The quantitative estimate of drug-likeness (QED) is 0.280. The molecule has 186 valence electrons. The number of methoxy groups -OCH3 is 1. The number of aromatic nitrogens is 5. The minimum Gasteiger partial charge on any atom is -0.465 e. The summed E-state index contributed by atoms with van der Waals surface area (Å²) >= 11 is 6.05. The molecule has 4 rings (SSSR count). The van der Waals surface area contributed by atoms with Crippen LogP contribution in [0.4, 0.5) is 24.5 Å². The van der Waals surface area contributed by atoms with E-state index in [0.29, 0.717) is 5.69 Å². The predicted molar refractivity (Wildman–Crippen MR) is 123 cm³/mol. The number of nitrogens with one attached hydrogen (secondary N) is 3. The lowest BCUT2D eigenvalue weighted by molar-refractivity contribution is -0.141. The van der Waals surface area contributed by atoms with Gasteiger partial charge in [0.1, 0.15) is 0 Å². The molecule has 5 N–H and O–H groups in total. The second-order valence-electron chi connectivity index (χ2n) is 7.47. The zero-order valence-corrected chi connectivity index (χ0v) is 19.2. The first-order valence-electron chi connectivity index (χ1n) is 10.2. The molecule has 0 atom stereocenters. The number of hydrogen-bond acceptors (Lipinski definition) is 7. The topological polar surface area (TPSA) is 152 Å². The normalized spacial score (nSPS) is 11.4. The molecule has 36 heavy (non-hydrogen) atoms. The number of carbonyl (C=O) groups excluding carboxylic acids is 2. The molecule has 0 saturated carbocycles. The number of aromatic amines is 2. The Labute approximate surface area is 206 Å². The van der Waals surface area contributed by atoms with Crippen LogP contribution < -0.4 is 11.1 Å². The number of nitrogens with two attached hydrogens (primary N) is 1. The second-order valence-corrected chi connectivity index (χ2v) is 7.88. The van der Waals surface area contributed by atoms with Crippen LogP contribution in [-0.2, 0) is 17.3 Å². The van der Waals surface area contributed by atoms with Crippen molar-refractivity contribution >= 4 is 34.9 Å². The SMILES string of the molecule is COC(=O)c1ccc(NC(=O)c2ncc(Cc3c(C(F)(F)F)n[nH]c3-c3ccc(N)cn3)[nH]2)cc1Cl. The Bertz CT molecular complexity index is 1430. The summed E-state index contributed by atoms with van der Waals surface area (Å²) in [6.45, 7) is 0. The summed E-state index contributed by atoms with van der Waals surface area (Å²) in [6.07, 6.45) is -2.44. The molecule has 0 fully saturated rings. The Hall–Kier alpha value is -4.39. The number of benzene rings is 1. The van der Waals surface area contributed by atoms with Crippen molar-refractivity contribution in [2.75, 3.05) is 18.2 Å². The second kappa shape index (κ2) is 9.70. The van der Waals surface area contributed by atoms with E-state index in [4.69, 9.17) is 17.3 Å². The van der Waals surface area contributed by atoms with E-state index < -0.39 is 23.7 Å². The third-order valence-corrected chi connectivity index (χ3v) is 5.33. The molecular weight excluding hydrogens is 503 g/mol.